The lowest BCUT2D eigenvalue weighted by Crippen LogP contribution is -2.00. The van der Waals surface area contributed by atoms with Crippen LogP contribution in [0.2, 0.25) is 10.0 Å². The fourth-order valence-electron chi connectivity index (χ4n) is 2.36. The van der Waals surface area contributed by atoms with E-state index in [1.807, 2.05) is 36.4 Å². The minimum Gasteiger partial charge on any atom is -0.383 e. The highest BCUT2D eigenvalue weighted by atomic mass is 35.5. The maximum Gasteiger partial charge on any atom is 0.142 e. The lowest BCUT2D eigenvalue weighted by atomic mass is 9.98. The molecule has 0 aliphatic heterocycles. The molecule has 0 aliphatic rings. The molecule has 0 unspecified atom stereocenters. The maximum absolute atomic E-state index is 9.40. The zero-order valence-corrected chi connectivity index (χ0v) is 13.4. The number of aromatic nitrogens is 1. The molecule has 3 rings (SSSR count). The zero-order valence-electron chi connectivity index (χ0n) is 11.9. The van der Waals surface area contributed by atoms with E-state index in [0.717, 1.165) is 5.56 Å². The predicted molar refractivity (Wildman–Crippen MR) is 94.3 cm³/mol. The van der Waals surface area contributed by atoms with Gasteiger partial charge in [-0.25, -0.2) is 4.98 Å². The molecule has 23 heavy (non-hydrogen) atoms. The maximum atomic E-state index is 9.40. The van der Waals surface area contributed by atoms with Crippen molar-refractivity contribution < 1.29 is 0 Å². The number of benzene rings is 2. The number of hydrogen-bond acceptors (Lipinski definition) is 3. The van der Waals surface area contributed by atoms with Crippen LogP contribution < -0.4 is 5.73 Å². The van der Waals surface area contributed by atoms with Crippen molar-refractivity contribution >= 4 is 29.0 Å². The first-order chi connectivity index (χ1) is 11.1. The number of halogens is 2. The molecule has 5 heteroatoms. The van der Waals surface area contributed by atoms with Gasteiger partial charge >= 0.3 is 0 Å². The summed E-state index contributed by atoms with van der Waals surface area (Å²) in [4.78, 5) is 4.31. The molecule has 0 spiro atoms. The van der Waals surface area contributed by atoms with Crippen molar-refractivity contribution in [3.8, 4) is 28.5 Å². The molecule has 3 aromatic rings. The van der Waals surface area contributed by atoms with Gasteiger partial charge in [0.1, 0.15) is 17.5 Å². The van der Waals surface area contributed by atoms with Crippen molar-refractivity contribution in [3.05, 3.63) is 70.2 Å². The van der Waals surface area contributed by atoms with Crippen molar-refractivity contribution in [3.63, 3.8) is 0 Å². The summed E-state index contributed by atoms with van der Waals surface area (Å²) in [5, 5.41) is 10.5. The quantitative estimate of drug-likeness (QED) is 0.699. The number of anilines is 1. The molecule has 0 aliphatic carbocycles. The van der Waals surface area contributed by atoms with Crippen LogP contribution in [0.25, 0.3) is 22.4 Å². The SMILES string of the molecule is N#Cc1c(-c2ccccc2)cc(-c2cc(Cl)ccc2Cl)nc1N. The fourth-order valence-corrected chi connectivity index (χ4v) is 2.75. The molecule has 0 fully saturated rings. The lowest BCUT2D eigenvalue weighted by molar-refractivity contribution is 1.31. The van der Waals surface area contributed by atoms with Gasteiger partial charge in [0.05, 0.1) is 10.7 Å². The second-order valence-electron chi connectivity index (χ2n) is 4.92. The van der Waals surface area contributed by atoms with Crippen molar-refractivity contribution in [1.82, 2.24) is 4.98 Å². The second kappa shape index (κ2) is 6.29. The second-order valence-corrected chi connectivity index (χ2v) is 5.76. The molecule has 0 saturated carbocycles. The molecule has 0 saturated heterocycles. The van der Waals surface area contributed by atoms with Gasteiger partial charge in [0, 0.05) is 16.1 Å². The first kappa shape index (κ1) is 15.4. The Morgan fingerprint density at radius 1 is 0.957 bits per heavy atom. The van der Waals surface area contributed by atoms with Crippen molar-refractivity contribution in [2.45, 2.75) is 0 Å². The fraction of sp³-hybridized carbons (Fsp3) is 0. The van der Waals surface area contributed by atoms with E-state index in [-0.39, 0.29) is 5.82 Å². The molecule has 2 aromatic carbocycles. The van der Waals surface area contributed by atoms with E-state index in [0.29, 0.717) is 32.4 Å². The van der Waals surface area contributed by atoms with Gasteiger partial charge in [-0.3, -0.25) is 0 Å². The van der Waals surface area contributed by atoms with Crippen LogP contribution in [0.15, 0.2) is 54.6 Å². The molecule has 0 atom stereocenters. The minimum absolute atomic E-state index is 0.167. The highest BCUT2D eigenvalue weighted by molar-refractivity contribution is 6.35. The van der Waals surface area contributed by atoms with E-state index < -0.39 is 0 Å². The highest BCUT2D eigenvalue weighted by Crippen LogP contribution is 2.35. The Bertz CT molecular complexity index is 916. The Morgan fingerprint density at radius 3 is 2.39 bits per heavy atom. The molecule has 1 heterocycles. The Morgan fingerprint density at radius 2 is 1.70 bits per heavy atom. The van der Waals surface area contributed by atoms with Crippen molar-refractivity contribution in [2.24, 2.45) is 0 Å². The predicted octanol–water partition coefficient (Wildman–Crippen LogP) is 5.18. The first-order valence-electron chi connectivity index (χ1n) is 6.81. The average Bonchev–Trinajstić information content (AvgIpc) is 2.57. The summed E-state index contributed by atoms with van der Waals surface area (Å²) in [5.41, 5.74) is 9.18. The number of nitrogens with zero attached hydrogens (tertiary/aromatic N) is 2. The molecular weight excluding hydrogens is 329 g/mol. The highest BCUT2D eigenvalue weighted by Gasteiger charge is 2.15. The number of nitrogen functional groups attached to an aromatic ring is 1. The van der Waals surface area contributed by atoms with E-state index >= 15 is 0 Å². The standard InChI is InChI=1S/C18H11Cl2N3/c19-12-6-7-16(20)14(8-12)17-9-13(11-4-2-1-3-5-11)15(10-21)18(22)23-17/h1-9H,(H2,22,23). The topological polar surface area (TPSA) is 62.7 Å². The Hall–Kier alpha value is -2.54. The van der Waals surface area contributed by atoms with E-state index in [1.54, 1.807) is 18.2 Å². The monoisotopic (exact) mass is 339 g/mol. The van der Waals surface area contributed by atoms with Crippen LogP contribution in [-0.4, -0.2) is 4.98 Å². The third kappa shape index (κ3) is 3.00. The first-order valence-corrected chi connectivity index (χ1v) is 7.57. The summed E-state index contributed by atoms with van der Waals surface area (Å²) in [6, 6.07) is 18.6. The van der Waals surface area contributed by atoms with Crippen molar-refractivity contribution in [1.29, 1.82) is 5.26 Å². The smallest absolute Gasteiger partial charge is 0.142 e. The summed E-state index contributed by atoms with van der Waals surface area (Å²) in [7, 11) is 0. The largest absolute Gasteiger partial charge is 0.383 e. The summed E-state index contributed by atoms with van der Waals surface area (Å²) >= 11 is 12.3. The van der Waals surface area contributed by atoms with E-state index in [4.69, 9.17) is 28.9 Å². The van der Waals surface area contributed by atoms with E-state index in [2.05, 4.69) is 11.1 Å². The van der Waals surface area contributed by atoms with Gasteiger partial charge in [0.15, 0.2) is 0 Å². The molecule has 112 valence electrons. The molecule has 2 N–H and O–H groups in total. The Labute approximate surface area is 143 Å². The van der Waals surface area contributed by atoms with Crippen LogP contribution in [0.4, 0.5) is 5.82 Å². The van der Waals surface area contributed by atoms with Crippen LogP contribution in [0, 0.1) is 11.3 Å². The summed E-state index contributed by atoms with van der Waals surface area (Å²) < 4.78 is 0. The van der Waals surface area contributed by atoms with Gasteiger partial charge in [-0.15, -0.1) is 0 Å². The van der Waals surface area contributed by atoms with E-state index in [1.165, 1.54) is 0 Å². The molecule has 3 nitrogen and oxygen atoms in total. The molecule has 0 amide bonds. The van der Waals surface area contributed by atoms with Gasteiger partial charge in [0.2, 0.25) is 0 Å². The zero-order chi connectivity index (χ0) is 16.4. The number of rotatable bonds is 2. The number of nitrogens with two attached hydrogens (primary N) is 1. The van der Waals surface area contributed by atoms with Crippen LogP contribution in [-0.2, 0) is 0 Å². The number of pyridine rings is 1. The summed E-state index contributed by atoms with van der Waals surface area (Å²) in [6.07, 6.45) is 0. The Kier molecular flexibility index (Phi) is 4.20. The normalized spacial score (nSPS) is 10.3. The van der Waals surface area contributed by atoms with Crippen LogP contribution in [0.1, 0.15) is 5.56 Å². The lowest BCUT2D eigenvalue weighted by Gasteiger charge is -2.11. The third-order valence-electron chi connectivity index (χ3n) is 3.45. The van der Waals surface area contributed by atoms with Gasteiger partial charge in [0.25, 0.3) is 0 Å². The van der Waals surface area contributed by atoms with Gasteiger partial charge in [-0.05, 0) is 29.8 Å². The number of hydrogen-bond donors (Lipinski definition) is 1. The van der Waals surface area contributed by atoms with Crippen LogP contribution in [0.5, 0.6) is 0 Å². The Balaban J connectivity index is 2.27. The van der Waals surface area contributed by atoms with Gasteiger partial charge in [-0.2, -0.15) is 5.26 Å². The molecule has 1 aromatic heterocycles. The van der Waals surface area contributed by atoms with Gasteiger partial charge in [-0.1, -0.05) is 53.5 Å². The summed E-state index contributed by atoms with van der Waals surface area (Å²) in [6.45, 7) is 0. The molecular formula is C18H11Cl2N3. The molecule has 0 radical (unpaired) electrons. The van der Waals surface area contributed by atoms with Crippen LogP contribution >= 0.6 is 23.2 Å². The number of nitriles is 1. The third-order valence-corrected chi connectivity index (χ3v) is 4.01. The van der Waals surface area contributed by atoms with E-state index in [9.17, 15) is 5.26 Å². The molecule has 0 bridgehead atoms. The van der Waals surface area contributed by atoms with Crippen LogP contribution in [0.3, 0.4) is 0 Å². The van der Waals surface area contributed by atoms with Gasteiger partial charge < -0.3 is 5.73 Å². The summed E-state index contributed by atoms with van der Waals surface area (Å²) in [5.74, 6) is 0.167. The minimum atomic E-state index is 0.167. The van der Waals surface area contributed by atoms with Crippen molar-refractivity contribution in [2.75, 3.05) is 5.73 Å². The average molecular weight is 340 g/mol.